The first-order valence-electron chi connectivity index (χ1n) is 6.63. The van der Waals surface area contributed by atoms with Crippen molar-refractivity contribution in [3.05, 3.63) is 51.2 Å². The molecular weight excluding hydrogens is 302 g/mol. The monoisotopic (exact) mass is 317 g/mol. The second-order valence-electron chi connectivity index (χ2n) is 4.77. The highest BCUT2D eigenvalue weighted by atomic mass is 32.1. The summed E-state index contributed by atoms with van der Waals surface area (Å²) in [7, 11) is 0. The number of hydrogen-bond donors (Lipinski definition) is 1. The minimum atomic E-state index is -0.533. The third-order valence-electron chi connectivity index (χ3n) is 3.01. The molecule has 0 saturated carbocycles. The molecule has 4 nitrogen and oxygen atoms in total. The van der Waals surface area contributed by atoms with E-state index in [-0.39, 0.29) is 0 Å². The van der Waals surface area contributed by atoms with Gasteiger partial charge in [-0.25, -0.2) is 9.97 Å². The van der Waals surface area contributed by atoms with E-state index < -0.39 is 6.10 Å². The normalized spacial score (nSPS) is 12.5. The number of aliphatic hydroxyl groups is 1. The molecule has 21 heavy (non-hydrogen) atoms. The largest absolute Gasteiger partial charge is 0.386 e. The molecule has 3 aromatic rings. The predicted octanol–water partition coefficient (Wildman–Crippen LogP) is 3.61. The number of hydrogen-bond acceptors (Lipinski definition) is 6. The van der Waals surface area contributed by atoms with E-state index in [0.29, 0.717) is 0 Å². The summed E-state index contributed by atoms with van der Waals surface area (Å²) >= 11 is 3.14. The topological polar surface area (TPSA) is 58.9 Å². The van der Waals surface area contributed by atoms with Crippen molar-refractivity contribution >= 4 is 22.7 Å². The minimum Gasteiger partial charge on any atom is -0.386 e. The Balaban J connectivity index is 1.85. The van der Waals surface area contributed by atoms with Gasteiger partial charge in [-0.1, -0.05) is 6.07 Å². The van der Waals surface area contributed by atoms with Gasteiger partial charge < -0.3 is 5.11 Å². The van der Waals surface area contributed by atoms with Crippen molar-refractivity contribution < 1.29 is 5.11 Å². The van der Waals surface area contributed by atoms with Crippen molar-refractivity contribution in [3.8, 4) is 10.6 Å². The second-order valence-corrected chi connectivity index (χ2v) is 6.74. The van der Waals surface area contributed by atoms with Gasteiger partial charge in [-0.3, -0.25) is 4.98 Å². The molecule has 0 aliphatic carbocycles. The van der Waals surface area contributed by atoms with Crippen LogP contribution < -0.4 is 0 Å². The molecule has 0 bridgehead atoms. The number of rotatable bonds is 4. The Bertz CT molecular complexity index is 734. The van der Waals surface area contributed by atoms with E-state index in [9.17, 15) is 5.11 Å². The quantitative estimate of drug-likeness (QED) is 0.798. The number of thiazole rings is 2. The third kappa shape index (κ3) is 3.18. The smallest absolute Gasteiger partial charge is 0.122 e. The Morgan fingerprint density at radius 3 is 2.81 bits per heavy atom. The van der Waals surface area contributed by atoms with Crippen LogP contribution in [0.5, 0.6) is 0 Å². The zero-order valence-corrected chi connectivity index (χ0v) is 13.4. The molecule has 0 radical (unpaired) electrons. The third-order valence-corrected chi connectivity index (χ3v) is 5.21. The first-order valence-corrected chi connectivity index (χ1v) is 8.33. The molecule has 3 aromatic heterocycles. The van der Waals surface area contributed by atoms with Gasteiger partial charge in [0.25, 0.3) is 0 Å². The molecule has 0 aliphatic heterocycles. The molecule has 0 fully saturated rings. The van der Waals surface area contributed by atoms with Crippen LogP contribution in [0.1, 0.15) is 34.4 Å². The highest BCUT2D eigenvalue weighted by Gasteiger charge is 2.15. The lowest BCUT2D eigenvalue weighted by Gasteiger charge is -1.96. The lowest BCUT2D eigenvalue weighted by atomic mass is 10.3. The Morgan fingerprint density at radius 2 is 2.14 bits per heavy atom. The summed E-state index contributed by atoms with van der Waals surface area (Å²) in [6.45, 7) is 3.69. The van der Waals surface area contributed by atoms with Crippen LogP contribution in [0.25, 0.3) is 10.6 Å². The van der Waals surface area contributed by atoms with Crippen LogP contribution in [0.2, 0.25) is 0 Å². The first kappa shape index (κ1) is 14.3. The van der Waals surface area contributed by atoms with Crippen molar-refractivity contribution in [1.82, 2.24) is 15.0 Å². The van der Waals surface area contributed by atoms with Crippen molar-refractivity contribution in [1.29, 1.82) is 0 Å². The second kappa shape index (κ2) is 6.01. The van der Waals surface area contributed by atoms with E-state index in [1.165, 1.54) is 11.3 Å². The lowest BCUT2D eigenvalue weighted by molar-refractivity contribution is 0.198. The summed E-state index contributed by atoms with van der Waals surface area (Å²) in [6.07, 6.45) is 2.01. The summed E-state index contributed by atoms with van der Waals surface area (Å²) in [5, 5.41) is 13.5. The van der Waals surface area contributed by atoms with E-state index in [2.05, 4.69) is 15.0 Å². The Kier molecular flexibility index (Phi) is 4.10. The highest BCUT2D eigenvalue weighted by molar-refractivity contribution is 7.16. The van der Waals surface area contributed by atoms with Gasteiger partial charge in [-0.2, -0.15) is 0 Å². The van der Waals surface area contributed by atoms with E-state index >= 15 is 0 Å². The fourth-order valence-electron chi connectivity index (χ4n) is 1.99. The molecule has 0 saturated heterocycles. The molecule has 6 heteroatoms. The maximum Gasteiger partial charge on any atom is 0.122 e. The zero-order valence-electron chi connectivity index (χ0n) is 11.8. The van der Waals surface area contributed by atoms with Gasteiger partial charge in [0, 0.05) is 23.7 Å². The average Bonchev–Trinajstić information content (AvgIpc) is 3.06. The Hall–Kier alpha value is -1.63. The maximum atomic E-state index is 9.63. The summed E-state index contributed by atoms with van der Waals surface area (Å²) in [6, 6.07) is 5.90. The molecule has 1 N–H and O–H groups in total. The van der Waals surface area contributed by atoms with Gasteiger partial charge in [0.15, 0.2) is 0 Å². The van der Waals surface area contributed by atoms with Crippen LogP contribution in [0.3, 0.4) is 0 Å². The van der Waals surface area contributed by atoms with Gasteiger partial charge in [-0.15, -0.1) is 22.7 Å². The van der Waals surface area contributed by atoms with E-state index in [0.717, 1.165) is 38.4 Å². The molecule has 108 valence electrons. The van der Waals surface area contributed by atoms with Crippen LogP contribution in [0, 0.1) is 6.92 Å². The van der Waals surface area contributed by atoms with Crippen LogP contribution in [0.4, 0.5) is 0 Å². The molecule has 0 aliphatic rings. The molecular formula is C15H15N3OS2. The van der Waals surface area contributed by atoms with Gasteiger partial charge >= 0.3 is 0 Å². The van der Waals surface area contributed by atoms with Gasteiger partial charge in [-0.05, 0) is 26.0 Å². The standard InChI is InChI=1S/C15H15N3OS2/c1-9-14(21-15(17-9)10(2)19)12-8-20-13(18-12)7-11-5-3-4-6-16-11/h3-6,8,10,19H,7H2,1-2H3. The Morgan fingerprint density at radius 1 is 1.29 bits per heavy atom. The molecule has 3 rings (SSSR count). The van der Waals surface area contributed by atoms with Gasteiger partial charge in [0.05, 0.1) is 21.3 Å². The highest BCUT2D eigenvalue weighted by Crippen LogP contribution is 2.33. The molecule has 1 unspecified atom stereocenters. The molecule has 3 heterocycles. The van der Waals surface area contributed by atoms with Crippen LogP contribution in [0.15, 0.2) is 29.8 Å². The number of aliphatic hydroxyl groups excluding tert-OH is 1. The number of aromatic nitrogens is 3. The zero-order chi connectivity index (χ0) is 14.8. The van der Waals surface area contributed by atoms with Crippen molar-refractivity contribution in [3.63, 3.8) is 0 Å². The number of nitrogens with zero attached hydrogens (tertiary/aromatic N) is 3. The van der Waals surface area contributed by atoms with Crippen LogP contribution in [-0.4, -0.2) is 20.1 Å². The van der Waals surface area contributed by atoms with E-state index in [1.54, 1.807) is 24.5 Å². The van der Waals surface area contributed by atoms with E-state index in [1.807, 2.05) is 30.5 Å². The van der Waals surface area contributed by atoms with Gasteiger partial charge in [0.2, 0.25) is 0 Å². The molecule has 0 spiro atoms. The van der Waals surface area contributed by atoms with Crippen molar-refractivity contribution in [2.24, 2.45) is 0 Å². The summed E-state index contributed by atoms with van der Waals surface area (Å²) < 4.78 is 0. The summed E-state index contributed by atoms with van der Waals surface area (Å²) in [4.78, 5) is 14.4. The molecule has 1 atom stereocenters. The number of aryl methyl sites for hydroxylation is 1. The number of pyridine rings is 1. The van der Waals surface area contributed by atoms with Crippen molar-refractivity contribution in [2.45, 2.75) is 26.4 Å². The first-order chi connectivity index (χ1) is 10.1. The maximum absolute atomic E-state index is 9.63. The van der Waals surface area contributed by atoms with Crippen molar-refractivity contribution in [2.75, 3.05) is 0 Å². The fourth-order valence-corrected chi connectivity index (χ4v) is 3.83. The van der Waals surface area contributed by atoms with Crippen LogP contribution >= 0.6 is 22.7 Å². The SMILES string of the molecule is Cc1nc(C(C)O)sc1-c1csc(Cc2ccccn2)n1. The van der Waals surface area contributed by atoms with Crippen LogP contribution in [-0.2, 0) is 6.42 Å². The summed E-state index contributed by atoms with van der Waals surface area (Å²) in [5.41, 5.74) is 2.88. The molecule has 0 aromatic carbocycles. The molecule has 0 amide bonds. The summed E-state index contributed by atoms with van der Waals surface area (Å²) in [5.74, 6) is 0. The van der Waals surface area contributed by atoms with Gasteiger partial charge in [0.1, 0.15) is 11.1 Å². The predicted molar refractivity (Wildman–Crippen MR) is 85.6 cm³/mol. The average molecular weight is 317 g/mol. The Labute approximate surface area is 131 Å². The lowest BCUT2D eigenvalue weighted by Crippen LogP contribution is -1.90. The van der Waals surface area contributed by atoms with E-state index in [4.69, 9.17) is 0 Å². The minimum absolute atomic E-state index is 0.533. The fraction of sp³-hybridized carbons (Fsp3) is 0.267.